The van der Waals surface area contributed by atoms with Crippen molar-refractivity contribution in [3.8, 4) is 0 Å². The van der Waals surface area contributed by atoms with E-state index in [1.165, 1.54) is 6.92 Å². The lowest BCUT2D eigenvalue weighted by atomic mass is 10.1. The van der Waals surface area contributed by atoms with Gasteiger partial charge in [0.15, 0.2) is 0 Å². The maximum Gasteiger partial charge on any atom is 0.267 e. The summed E-state index contributed by atoms with van der Waals surface area (Å²) < 4.78 is 26.0. The highest BCUT2D eigenvalue weighted by Crippen LogP contribution is 2.68. The zero-order valence-electron chi connectivity index (χ0n) is 8.38. The van der Waals surface area contributed by atoms with Gasteiger partial charge in [0.25, 0.3) is 10.1 Å². The third-order valence-corrected chi connectivity index (χ3v) is 5.56. The monoisotopic (exact) mass is 260 g/mol. The molecule has 0 aromatic heterocycles. The van der Waals surface area contributed by atoms with Crippen LogP contribution in [-0.4, -0.2) is 25.1 Å². The van der Waals surface area contributed by atoms with Crippen LogP contribution in [-0.2, 0) is 14.3 Å². The van der Waals surface area contributed by atoms with E-state index in [9.17, 15) is 8.42 Å². The fourth-order valence-corrected chi connectivity index (χ4v) is 2.66. The van der Waals surface area contributed by atoms with Crippen molar-refractivity contribution < 1.29 is 12.6 Å². The molecule has 0 aliphatic heterocycles. The topological polar surface area (TPSA) is 43.4 Å². The molecule has 6 heteroatoms. The van der Waals surface area contributed by atoms with Gasteiger partial charge in [0.1, 0.15) is 4.33 Å². The van der Waals surface area contributed by atoms with E-state index in [0.717, 1.165) is 0 Å². The summed E-state index contributed by atoms with van der Waals surface area (Å²) in [5, 5.41) is 0. The molecule has 0 aromatic carbocycles. The van der Waals surface area contributed by atoms with Crippen molar-refractivity contribution in [2.45, 2.75) is 25.1 Å². The molecule has 0 amide bonds. The van der Waals surface area contributed by atoms with Crippen molar-refractivity contribution in [1.29, 1.82) is 0 Å². The predicted molar refractivity (Wildman–Crippen MR) is 57.1 cm³/mol. The fourth-order valence-electron chi connectivity index (χ4n) is 1.33. The highest BCUT2D eigenvalue weighted by Gasteiger charge is 2.70. The molecule has 1 rings (SSSR count). The van der Waals surface area contributed by atoms with E-state index in [0.29, 0.717) is 0 Å². The summed E-state index contributed by atoms with van der Waals surface area (Å²) in [5.74, 6) is -0.155. The first kappa shape index (κ1) is 12.6. The molecule has 0 radical (unpaired) electrons. The van der Waals surface area contributed by atoms with Crippen LogP contribution in [0.15, 0.2) is 0 Å². The summed E-state index contributed by atoms with van der Waals surface area (Å²) in [6.07, 6.45) is 0. The summed E-state index contributed by atoms with van der Waals surface area (Å²) in [4.78, 5) is 0. The largest absolute Gasteiger partial charge is 0.270 e. The Morgan fingerprint density at radius 2 is 1.79 bits per heavy atom. The molecule has 1 atom stereocenters. The standard InChI is InChI=1S/C8H14Cl2O3S/c1-4-14(11,12)13-5-6-7(2,3)8(6,9)10/h6H,4-5H2,1-3H3. The molecule has 14 heavy (non-hydrogen) atoms. The Kier molecular flexibility index (Phi) is 3.15. The number of hydrogen-bond acceptors (Lipinski definition) is 3. The Morgan fingerprint density at radius 1 is 1.36 bits per heavy atom. The lowest BCUT2D eigenvalue weighted by molar-refractivity contribution is 0.284. The van der Waals surface area contributed by atoms with E-state index in [-0.39, 0.29) is 23.7 Å². The van der Waals surface area contributed by atoms with Crippen molar-refractivity contribution in [3.05, 3.63) is 0 Å². The first-order valence-electron chi connectivity index (χ1n) is 4.40. The van der Waals surface area contributed by atoms with Gasteiger partial charge in [0.2, 0.25) is 0 Å². The Balaban J connectivity index is 2.52. The number of hydrogen-bond donors (Lipinski definition) is 0. The molecule has 3 nitrogen and oxygen atoms in total. The molecule has 0 spiro atoms. The van der Waals surface area contributed by atoms with Gasteiger partial charge in [0.05, 0.1) is 12.4 Å². The van der Waals surface area contributed by atoms with Gasteiger partial charge < -0.3 is 0 Å². The number of halogens is 2. The second-order valence-corrected chi connectivity index (χ2v) is 7.34. The van der Waals surface area contributed by atoms with Gasteiger partial charge in [-0.2, -0.15) is 8.42 Å². The summed E-state index contributed by atoms with van der Waals surface area (Å²) in [7, 11) is -3.39. The van der Waals surface area contributed by atoms with Crippen LogP contribution in [0.25, 0.3) is 0 Å². The van der Waals surface area contributed by atoms with Crippen molar-refractivity contribution in [2.75, 3.05) is 12.4 Å². The van der Waals surface area contributed by atoms with Gasteiger partial charge in [0, 0.05) is 11.3 Å². The van der Waals surface area contributed by atoms with Crippen LogP contribution in [0.2, 0.25) is 0 Å². The Hall–Kier alpha value is 0.490. The Morgan fingerprint density at radius 3 is 2.07 bits per heavy atom. The van der Waals surface area contributed by atoms with E-state index >= 15 is 0 Å². The normalized spacial score (nSPS) is 28.8. The summed E-state index contributed by atoms with van der Waals surface area (Å²) in [6.45, 7) is 5.37. The van der Waals surface area contributed by atoms with E-state index in [1.54, 1.807) is 0 Å². The lowest BCUT2D eigenvalue weighted by Crippen LogP contribution is -2.12. The minimum Gasteiger partial charge on any atom is -0.270 e. The Labute approximate surface area is 94.8 Å². The van der Waals surface area contributed by atoms with E-state index in [4.69, 9.17) is 27.4 Å². The average molecular weight is 261 g/mol. The molecule has 0 N–H and O–H groups in total. The number of rotatable bonds is 4. The van der Waals surface area contributed by atoms with Gasteiger partial charge >= 0.3 is 0 Å². The summed E-state index contributed by atoms with van der Waals surface area (Å²) in [5.41, 5.74) is -0.278. The van der Waals surface area contributed by atoms with Crippen LogP contribution in [0, 0.1) is 11.3 Å². The minimum absolute atomic E-state index is 0.0300. The van der Waals surface area contributed by atoms with E-state index in [2.05, 4.69) is 0 Å². The molecule has 0 heterocycles. The van der Waals surface area contributed by atoms with Crippen LogP contribution in [0.5, 0.6) is 0 Å². The SMILES string of the molecule is CCS(=O)(=O)OCC1C(C)(C)C1(Cl)Cl. The molecule has 1 saturated carbocycles. The minimum atomic E-state index is -3.39. The van der Waals surface area contributed by atoms with Gasteiger partial charge in [-0.05, 0) is 6.92 Å². The fraction of sp³-hybridized carbons (Fsp3) is 1.00. The molecule has 1 fully saturated rings. The van der Waals surface area contributed by atoms with Crippen molar-refractivity contribution in [1.82, 2.24) is 0 Å². The van der Waals surface area contributed by atoms with Crippen molar-refractivity contribution in [3.63, 3.8) is 0 Å². The van der Waals surface area contributed by atoms with Crippen LogP contribution in [0.3, 0.4) is 0 Å². The summed E-state index contributed by atoms with van der Waals surface area (Å²) >= 11 is 11.9. The lowest BCUT2D eigenvalue weighted by Gasteiger charge is -2.02. The molecule has 0 aromatic rings. The molecular formula is C8H14Cl2O3S. The molecule has 0 saturated heterocycles. The van der Waals surface area contributed by atoms with E-state index in [1.807, 2.05) is 13.8 Å². The molecule has 1 unspecified atom stereocenters. The van der Waals surface area contributed by atoms with Crippen molar-refractivity contribution >= 4 is 33.3 Å². The zero-order valence-corrected chi connectivity index (χ0v) is 10.7. The second-order valence-electron chi connectivity index (χ2n) is 4.03. The Bertz CT molecular complexity index is 307. The second kappa shape index (κ2) is 3.51. The third kappa shape index (κ3) is 2.03. The molecule has 1 aliphatic carbocycles. The molecule has 84 valence electrons. The summed E-state index contributed by atoms with van der Waals surface area (Å²) in [6, 6.07) is 0. The van der Waals surface area contributed by atoms with Crippen molar-refractivity contribution in [2.24, 2.45) is 11.3 Å². The van der Waals surface area contributed by atoms with Gasteiger partial charge in [-0.25, -0.2) is 0 Å². The molecular weight excluding hydrogens is 247 g/mol. The highest BCUT2D eigenvalue weighted by molar-refractivity contribution is 7.86. The number of alkyl halides is 2. The maximum absolute atomic E-state index is 11.0. The van der Waals surface area contributed by atoms with Gasteiger partial charge in [-0.3, -0.25) is 4.18 Å². The van der Waals surface area contributed by atoms with Crippen LogP contribution in [0.1, 0.15) is 20.8 Å². The van der Waals surface area contributed by atoms with Crippen LogP contribution in [0.4, 0.5) is 0 Å². The third-order valence-electron chi connectivity index (χ3n) is 2.85. The predicted octanol–water partition coefficient (Wildman–Crippen LogP) is 2.18. The van der Waals surface area contributed by atoms with E-state index < -0.39 is 14.5 Å². The highest BCUT2D eigenvalue weighted by atomic mass is 35.5. The van der Waals surface area contributed by atoms with Gasteiger partial charge in [-0.1, -0.05) is 13.8 Å². The van der Waals surface area contributed by atoms with Crippen LogP contribution < -0.4 is 0 Å². The maximum atomic E-state index is 11.0. The smallest absolute Gasteiger partial charge is 0.267 e. The molecule has 0 bridgehead atoms. The first-order chi connectivity index (χ1) is 6.15. The van der Waals surface area contributed by atoms with Gasteiger partial charge in [-0.15, -0.1) is 23.2 Å². The quantitative estimate of drug-likeness (QED) is 0.575. The zero-order chi connectivity index (χ0) is 11.2. The average Bonchev–Trinajstić information content (AvgIpc) is 2.41. The first-order valence-corrected chi connectivity index (χ1v) is 6.73. The molecule has 1 aliphatic rings. The van der Waals surface area contributed by atoms with Crippen LogP contribution >= 0.6 is 23.2 Å².